The second kappa shape index (κ2) is 8.06. The highest BCUT2D eigenvalue weighted by molar-refractivity contribution is 7.99. The molecule has 0 aliphatic rings. The highest BCUT2D eigenvalue weighted by atomic mass is 32.2. The van der Waals surface area contributed by atoms with E-state index in [4.69, 9.17) is 10.2 Å². The zero-order valence-corrected chi connectivity index (χ0v) is 20.8. The van der Waals surface area contributed by atoms with E-state index in [0.29, 0.717) is 17.2 Å². The van der Waals surface area contributed by atoms with Gasteiger partial charge in [-0.05, 0) is 61.3 Å². The summed E-state index contributed by atoms with van der Waals surface area (Å²) in [5, 5.41) is 15.1. The third-order valence-electron chi connectivity index (χ3n) is 7.02. The van der Waals surface area contributed by atoms with Gasteiger partial charge in [0.25, 0.3) is 0 Å². The van der Waals surface area contributed by atoms with Gasteiger partial charge in [-0.2, -0.15) is 4.52 Å². The van der Waals surface area contributed by atoms with Crippen molar-refractivity contribution in [2.45, 2.75) is 9.92 Å². The van der Waals surface area contributed by atoms with Crippen molar-refractivity contribution in [3.63, 3.8) is 0 Å². The van der Waals surface area contributed by atoms with Gasteiger partial charge in [-0.1, -0.05) is 84.6 Å². The fourth-order valence-electron chi connectivity index (χ4n) is 5.30. The number of furan rings is 1. The van der Waals surface area contributed by atoms with E-state index in [-0.39, 0.29) is 5.95 Å². The molecule has 0 aliphatic carbocycles. The molecule has 8 aromatic rings. The molecule has 0 saturated heterocycles. The third-order valence-corrected chi connectivity index (χ3v) is 8.02. The maximum Gasteiger partial charge on any atom is 0.224 e. The Balaban J connectivity index is 1.26. The molecule has 0 saturated carbocycles. The summed E-state index contributed by atoms with van der Waals surface area (Å²) in [5.41, 5.74) is 6.88. The zero-order valence-electron chi connectivity index (χ0n) is 20.0. The summed E-state index contributed by atoms with van der Waals surface area (Å²) in [6.45, 7) is 0. The van der Waals surface area contributed by atoms with Gasteiger partial charge in [0.05, 0.1) is 6.26 Å². The van der Waals surface area contributed by atoms with Crippen molar-refractivity contribution in [1.82, 2.24) is 19.6 Å². The number of rotatable bonds is 3. The van der Waals surface area contributed by atoms with Gasteiger partial charge in [0.1, 0.15) is 5.03 Å². The molecule has 0 aliphatic heterocycles. The molecular weight excluding hydrogens is 490 g/mol. The number of nitrogens with two attached hydrogens (primary N) is 1. The van der Waals surface area contributed by atoms with E-state index >= 15 is 0 Å². The fraction of sp³-hybridized carbons (Fsp3) is 0. The molecule has 0 spiro atoms. The molecule has 6 nitrogen and oxygen atoms in total. The van der Waals surface area contributed by atoms with Crippen molar-refractivity contribution in [1.29, 1.82) is 0 Å². The zero-order chi connectivity index (χ0) is 25.2. The van der Waals surface area contributed by atoms with E-state index in [1.807, 2.05) is 12.1 Å². The van der Waals surface area contributed by atoms with Crippen molar-refractivity contribution in [2.75, 3.05) is 5.73 Å². The maximum atomic E-state index is 6.26. The summed E-state index contributed by atoms with van der Waals surface area (Å²) >= 11 is 1.57. The first-order chi connectivity index (χ1) is 18.7. The summed E-state index contributed by atoms with van der Waals surface area (Å²) < 4.78 is 6.98. The summed E-state index contributed by atoms with van der Waals surface area (Å²) in [6.07, 6.45) is 1.60. The molecule has 0 fully saturated rings. The van der Waals surface area contributed by atoms with Crippen LogP contribution in [0.5, 0.6) is 0 Å². The highest BCUT2D eigenvalue weighted by Gasteiger charge is 2.15. The Hall–Kier alpha value is -4.88. The van der Waals surface area contributed by atoms with E-state index in [2.05, 4.69) is 93.9 Å². The average molecular weight is 510 g/mol. The molecule has 0 radical (unpaired) electrons. The Morgan fingerprint density at radius 3 is 2.18 bits per heavy atom. The molecule has 3 heterocycles. The number of hydrogen-bond donors (Lipinski definition) is 1. The minimum atomic E-state index is 0.277. The second-order valence-corrected chi connectivity index (χ2v) is 10.3. The van der Waals surface area contributed by atoms with Crippen LogP contribution in [0, 0.1) is 0 Å². The summed E-state index contributed by atoms with van der Waals surface area (Å²) in [6, 6.07) is 33.9. The van der Waals surface area contributed by atoms with Crippen LogP contribution in [0.4, 0.5) is 5.95 Å². The van der Waals surface area contributed by atoms with Crippen LogP contribution < -0.4 is 5.73 Å². The molecule has 5 aromatic carbocycles. The van der Waals surface area contributed by atoms with Crippen molar-refractivity contribution in [2.24, 2.45) is 0 Å². The average Bonchev–Trinajstić information content (AvgIpc) is 3.63. The van der Waals surface area contributed by atoms with Crippen LogP contribution >= 0.6 is 11.8 Å². The predicted molar refractivity (Wildman–Crippen MR) is 153 cm³/mol. The Morgan fingerprint density at radius 2 is 1.37 bits per heavy atom. The van der Waals surface area contributed by atoms with Crippen molar-refractivity contribution < 1.29 is 4.42 Å². The van der Waals surface area contributed by atoms with Crippen LogP contribution in [0.15, 0.2) is 118 Å². The first kappa shape index (κ1) is 21.2. The van der Waals surface area contributed by atoms with Gasteiger partial charge < -0.3 is 10.2 Å². The molecule has 8 rings (SSSR count). The minimum absolute atomic E-state index is 0.277. The first-order valence-electron chi connectivity index (χ1n) is 12.2. The molecule has 7 heteroatoms. The summed E-state index contributed by atoms with van der Waals surface area (Å²) in [5.74, 6) is 1.34. The number of benzene rings is 5. The number of fused-ring (bicyclic) bond motifs is 8. The van der Waals surface area contributed by atoms with Gasteiger partial charge in [0.15, 0.2) is 11.4 Å². The molecule has 3 aromatic heterocycles. The van der Waals surface area contributed by atoms with E-state index in [9.17, 15) is 0 Å². The van der Waals surface area contributed by atoms with Crippen LogP contribution in [0.25, 0.3) is 60.3 Å². The first-order valence-corrected chi connectivity index (χ1v) is 13.1. The van der Waals surface area contributed by atoms with Gasteiger partial charge >= 0.3 is 0 Å². The van der Waals surface area contributed by atoms with Crippen LogP contribution in [-0.4, -0.2) is 19.6 Å². The molecule has 0 bridgehead atoms. The Kier molecular flexibility index (Phi) is 4.50. The summed E-state index contributed by atoms with van der Waals surface area (Å²) in [4.78, 5) is 10.3. The summed E-state index contributed by atoms with van der Waals surface area (Å²) in [7, 11) is 0. The fourth-order valence-corrected chi connectivity index (χ4v) is 6.26. The molecule has 2 N–H and O–H groups in total. The number of anilines is 1. The minimum Gasteiger partial charge on any atom is -0.461 e. The van der Waals surface area contributed by atoms with Crippen LogP contribution in [0.3, 0.4) is 0 Å². The Morgan fingerprint density at radius 1 is 0.658 bits per heavy atom. The second-order valence-electron chi connectivity index (χ2n) is 9.20. The maximum absolute atomic E-state index is 6.26. The van der Waals surface area contributed by atoms with Crippen molar-refractivity contribution >= 4 is 66.4 Å². The van der Waals surface area contributed by atoms with E-state index in [1.54, 1.807) is 24.1 Å². The SMILES string of the molecule is Nc1nc(Sc2cccc3c2ccc2c3ccc3c4ccccc4ccc32)cc2nc(-c3ccco3)nn12. The van der Waals surface area contributed by atoms with Crippen LogP contribution in [0.2, 0.25) is 0 Å². The van der Waals surface area contributed by atoms with Crippen molar-refractivity contribution in [3.05, 3.63) is 103 Å². The van der Waals surface area contributed by atoms with E-state index in [0.717, 1.165) is 9.92 Å². The third kappa shape index (κ3) is 3.19. The van der Waals surface area contributed by atoms with E-state index < -0.39 is 0 Å². The Labute approximate surface area is 220 Å². The lowest BCUT2D eigenvalue weighted by Crippen LogP contribution is -2.02. The quantitative estimate of drug-likeness (QED) is 0.194. The lowest BCUT2D eigenvalue weighted by atomic mass is 9.94. The van der Waals surface area contributed by atoms with Gasteiger partial charge in [-0.3, -0.25) is 0 Å². The van der Waals surface area contributed by atoms with Gasteiger partial charge in [0.2, 0.25) is 11.8 Å². The van der Waals surface area contributed by atoms with Gasteiger partial charge in [-0.15, -0.1) is 5.10 Å². The monoisotopic (exact) mass is 509 g/mol. The predicted octanol–water partition coefficient (Wildman–Crippen LogP) is 7.73. The largest absolute Gasteiger partial charge is 0.461 e. The lowest BCUT2D eigenvalue weighted by molar-refractivity contribution is 0.577. The molecular formula is C31H19N5OS. The number of aromatic nitrogens is 4. The number of nitrogen functional groups attached to an aromatic ring is 1. The molecule has 0 amide bonds. The van der Waals surface area contributed by atoms with Gasteiger partial charge in [-0.25, -0.2) is 9.97 Å². The number of hydrogen-bond acceptors (Lipinski definition) is 6. The smallest absolute Gasteiger partial charge is 0.224 e. The molecule has 180 valence electrons. The van der Waals surface area contributed by atoms with E-state index in [1.165, 1.54) is 47.6 Å². The number of nitrogens with zero attached hydrogens (tertiary/aromatic N) is 4. The molecule has 38 heavy (non-hydrogen) atoms. The standard InChI is InChI=1S/C31H19N5OS/c32-31-34-29(17-28-33-30(35-36(28)31)26-8-4-16-37-26)38-27-9-3-7-20-23-13-12-21-19-6-2-1-5-18(19)10-11-22(21)24(23)14-15-25(20)27/h1-17H,(H2,32,34). The van der Waals surface area contributed by atoms with Crippen LogP contribution in [0.1, 0.15) is 0 Å². The Bertz CT molecular complexity index is 2180. The van der Waals surface area contributed by atoms with Crippen molar-refractivity contribution in [3.8, 4) is 11.6 Å². The van der Waals surface area contributed by atoms with Crippen LogP contribution in [-0.2, 0) is 0 Å². The topological polar surface area (TPSA) is 82.2 Å². The molecule has 0 unspecified atom stereocenters. The normalized spacial score (nSPS) is 11.9. The lowest BCUT2D eigenvalue weighted by Gasteiger charge is -2.12. The highest BCUT2D eigenvalue weighted by Crippen LogP contribution is 2.39. The molecule has 0 atom stereocenters. The van der Waals surface area contributed by atoms with Gasteiger partial charge in [0, 0.05) is 11.0 Å².